The molecule has 29 heavy (non-hydrogen) atoms. The highest BCUT2D eigenvalue weighted by Crippen LogP contribution is 2.33. The quantitative estimate of drug-likeness (QED) is 0.300. The molecule has 0 atom stereocenters. The molecule has 0 saturated heterocycles. The topological polar surface area (TPSA) is 109 Å². The fraction of sp³-hybridized carbons (Fsp3) is 0.211. The molecule has 2 aromatic carbocycles. The van der Waals surface area contributed by atoms with Gasteiger partial charge in [0.25, 0.3) is 5.69 Å². The Balaban J connectivity index is 1.77. The van der Waals surface area contributed by atoms with Gasteiger partial charge < -0.3 is 9.64 Å². The highest BCUT2D eigenvalue weighted by atomic mass is 32.2. The average Bonchev–Trinajstić information content (AvgIpc) is 3.15. The van der Waals surface area contributed by atoms with E-state index in [2.05, 4.69) is 11.1 Å². The number of nitro benzene ring substituents is 1. The average molecular weight is 428 g/mol. The monoisotopic (exact) mass is 428 g/mol. The summed E-state index contributed by atoms with van der Waals surface area (Å²) >= 11 is 2.56. The van der Waals surface area contributed by atoms with Crippen molar-refractivity contribution in [3.8, 4) is 11.8 Å². The smallest absolute Gasteiger partial charge is 0.270 e. The van der Waals surface area contributed by atoms with Crippen LogP contribution in [0.3, 0.4) is 0 Å². The summed E-state index contributed by atoms with van der Waals surface area (Å²) in [6.45, 7) is 0.252. The number of non-ortho nitro benzene ring substituents is 1. The van der Waals surface area contributed by atoms with E-state index in [1.54, 1.807) is 24.3 Å². The lowest BCUT2D eigenvalue weighted by Gasteiger charge is -2.23. The molecule has 0 aliphatic heterocycles. The number of aromatic nitrogens is 1. The Morgan fingerprint density at radius 3 is 2.90 bits per heavy atom. The van der Waals surface area contributed by atoms with Gasteiger partial charge in [-0.25, -0.2) is 4.98 Å². The summed E-state index contributed by atoms with van der Waals surface area (Å²) in [7, 11) is 1.53. The SMILES string of the molecule is COc1ccccc1N(CCC#N)C(=O)CSc1nc2ccc([N+](=O)[O-])cc2s1. The molecule has 0 N–H and O–H groups in total. The second kappa shape index (κ2) is 9.36. The maximum Gasteiger partial charge on any atom is 0.270 e. The van der Waals surface area contributed by atoms with Crippen molar-refractivity contribution in [1.82, 2.24) is 4.98 Å². The van der Waals surface area contributed by atoms with Crippen molar-refractivity contribution in [2.24, 2.45) is 0 Å². The Morgan fingerprint density at radius 1 is 1.38 bits per heavy atom. The number of methoxy groups -OCH3 is 1. The van der Waals surface area contributed by atoms with Gasteiger partial charge >= 0.3 is 0 Å². The van der Waals surface area contributed by atoms with Crippen molar-refractivity contribution in [1.29, 1.82) is 5.26 Å². The molecule has 10 heteroatoms. The second-order valence-corrected chi connectivity index (χ2v) is 8.06. The van der Waals surface area contributed by atoms with Gasteiger partial charge in [0.15, 0.2) is 4.34 Å². The van der Waals surface area contributed by atoms with E-state index < -0.39 is 4.92 Å². The number of thioether (sulfide) groups is 1. The van der Waals surface area contributed by atoms with E-state index in [1.165, 1.54) is 47.2 Å². The molecular formula is C19H16N4O4S2. The van der Waals surface area contributed by atoms with Crippen molar-refractivity contribution < 1.29 is 14.5 Å². The molecule has 0 bridgehead atoms. The van der Waals surface area contributed by atoms with Gasteiger partial charge in [-0.15, -0.1) is 11.3 Å². The molecule has 0 radical (unpaired) electrons. The molecule has 8 nitrogen and oxygen atoms in total. The third-order valence-electron chi connectivity index (χ3n) is 4.01. The van der Waals surface area contributed by atoms with Crippen LogP contribution in [0.2, 0.25) is 0 Å². The molecule has 0 fully saturated rings. The van der Waals surface area contributed by atoms with E-state index in [0.717, 1.165) is 0 Å². The molecule has 3 aromatic rings. The number of rotatable bonds is 8. The number of anilines is 1. The van der Waals surface area contributed by atoms with Crippen LogP contribution in [0.5, 0.6) is 5.75 Å². The van der Waals surface area contributed by atoms with Crippen molar-refractivity contribution in [3.63, 3.8) is 0 Å². The zero-order valence-electron chi connectivity index (χ0n) is 15.4. The van der Waals surface area contributed by atoms with Crippen LogP contribution in [0.25, 0.3) is 10.2 Å². The number of para-hydroxylation sites is 2. The molecule has 0 aliphatic rings. The van der Waals surface area contributed by atoms with Gasteiger partial charge in [-0.2, -0.15) is 5.26 Å². The summed E-state index contributed by atoms with van der Waals surface area (Å²) in [5, 5.41) is 19.9. The van der Waals surface area contributed by atoms with Gasteiger partial charge in [0.05, 0.1) is 46.2 Å². The van der Waals surface area contributed by atoms with Crippen LogP contribution < -0.4 is 9.64 Å². The van der Waals surface area contributed by atoms with E-state index in [0.29, 0.717) is 26.0 Å². The summed E-state index contributed by atoms with van der Waals surface area (Å²) in [5.41, 5.74) is 1.27. The predicted molar refractivity (Wildman–Crippen MR) is 113 cm³/mol. The lowest BCUT2D eigenvalue weighted by molar-refractivity contribution is -0.384. The van der Waals surface area contributed by atoms with Crippen LogP contribution in [-0.2, 0) is 4.79 Å². The van der Waals surface area contributed by atoms with Crippen LogP contribution in [0.4, 0.5) is 11.4 Å². The summed E-state index contributed by atoms with van der Waals surface area (Å²) in [5.74, 6) is 0.488. The number of fused-ring (bicyclic) bond motifs is 1. The van der Waals surface area contributed by atoms with Crippen LogP contribution in [0.15, 0.2) is 46.8 Å². The number of ether oxygens (including phenoxy) is 1. The molecule has 148 valence electrons. The fourth-order valence-corrected chi connectivity index (χ4v) is 4.64. The number of nitrogens with zero attached hydrogens (tertiary/aromatic N) is 4. The zero-order valence-corrected chi connectivity index (χ0v) is 17.0. The summed E-state index contributed by atoms with van der Waals surface area (Å²) in [6, 6.07) is 13.7. The van der Waals surface area contributed by atoms with E-state index in [9.17, 15) is 14.9 Å². The maximum atomic E-state index is 12.9. The third kappa shape index (κ3) is 4.82. The van der Waals surface area contributed by atoms with E-state index >= 15 is 0 Å². The molecule has 3 rings (SSSR count). The molecule has 0 unspecified atom stereocenters. The number of nitro groups is 1. The Hall–Kier alpha value is -3.16. The first-order valence-electron chi connectivity index (χ1n) is 8.51. The minimum absolute atomic E-state index is 0.00706. The number of hydrogen-bond donors (Lipinski definition) is 0. The van der Waals surface area contributed by atoms with E-state index in [4.69, 9.17) is 10.00 Å². The Kier molecular flexibility index (Phi) is 6.64. The zero-order chi connectivity index (χ0) is 20.8. The number of thiazole rings is 1. The summed E-state index contributed by atoms with van der Waals surface area (Å²) in [6.07, 6.45) is 0.194. The number of benzene rings is 2. The lowest BCUT2D eigenvalue weighted by atomic mass is 10.2. The molecular weight excluding hydrogens is 412 g/mol. The van der Waals surface area contributed by atoms with Crippen LogP contribution in [0.1, 0.15) is 6.42 Å². The first-order chi connectivity index (χ1) is 14.0. The minimum Gasteiger partial charge on any atom is -0.495 e. The molecule has 0 spiro atoms. The normalized spacial score (nSPS) is 10.5. The van der Waals surface area contributed by atoms with Gasteiger partial charge in [-0.1, -0.05) is 23.9 Å². The van der Waals surface area contributed by atoms with Crippen LogP contribution >= 0.6 is 23.1 Å². The predicted octanol–water partition coefficient (Wildman–Crippen LogP) is 4.25. The number of carbonyl (C=O) groups excluding carboxylic acids is 1. The summed E-state index contributed by atoms with van der Waals surface area (Å²) < 4.78 is 6.68. The first kappa shape index (κ1) is 20.6. The van der Waals surface area contributed by atoms with Crippen molar-refractivity contribution >= 4 is 50.6 Å². The fourth-order valence-electron chi connectivity index (χ4n) is 2.66. The Labute approximate surface area is 174 Å². The van der Waals surface area contributed by atoms with Crippen molar-refractivity contribution in [2.45, 2.75) is 10.8 Å². The van der Waals surface area contributed by atoms with Crippen LogP contribution in [0, 0.1) is 21.4 Å². The third-order valence-corrected chi connectivity index (χ3v) is 6.15. The number of hydrogen-bond acceptors (Lipinski definition) is 8. The Bertz CT molecular complexity index is 1090. The van der Waals surface area contributed by atoms with Gasteiger partial charge in [0.1, 0.15) is 5.75 Å². The number of amides is 1. The van der Waals surface area contributed by atoms with Gasteiger partial charge in [0, 0.05) is 18.7 Å². The second-order valence-electron chi connectivity index (χ2n) is 5.80. The largest absolute Gasteiger partial charge is 0.495 e. The Morgan fingerprint density at radius 2 is 2.17 bits per heavy atom. The maximum absolute atomic E-state index is 12.9. The molecule has 0 saturated carbocycles. The standard InChI is InChI=1S/C19H16N4O4S2/c1-27-16-6-3-2-5-15(16)22(10-4-9-20)18(24)12-28-19-21-14-8-7-13(23(25)26)11-17(14)29-19/h2-3,5-8,11H,4,10,12H2,1H3. The van der Waals surface area contributed by atoms with Gasteiger partial charge in [-0.3, -0.25) is 14.9 Å². The molecule has 1 amide bonds. The minimum atomic E-state index is -0.449. The van der Waals surface area contributed by atoms with Crippen molar-refractivity contribution in [2.75, 3.05) is 24.3 Å². The van der Waals surface area contributed by atoms with E-state index in [-0.39, 0.29) is 30.3 Å². The number of carbonyl (C=O) groups is 1. The van der Waals surface area contributed by atoms with Gasteiger partial charge in [0.2, 0.25) is 5.91 Å². The molecule has 1 heterocycles. The molecule has 1 aromatic heterocycles. The molecule has 0 aliphatic carbocycles. The van der Waals surface area contributed by atoms with E-state index in [1.807, 2.05) is 6.07 Å². The highest BCUT2D eigenvalue weighted by molar-refractivity contribution is 8.01. The summed E-state index contributed by atoms with van der Waals surface area (Å²) in [4.78, 5) is 29.3. The van der Waals surface area contributed by atoms with Gasteiger partial charge in [-0.05, 0) is 18.2 Å². The highest BCUT2D eigenvalue weighted by Gasteiger charge is 2.20. The lowest BCUT2D eigenvalue weighted by Crippen LogP contribution is -2.33. The van der Waals surface area contributed by atoms with Crippen molar-refractivity contribution in [3.05, 3.63) is 52.6 Å². The van der Waals surface area contributed by atoms with Crippen LogP contribution in [-0.4, -0.2) is 35.2 Å². The first-order valence-corrected chi connectivity index (χ1v) is 10.3. The number of nitriles is 1.